The van der Waals surface area contributed by atoms with Gasteiger partial charge in [-0.2, -0.15) is 0 Å². The van der Waals surface area contributed by atoms with Crippen LogP contribution >= 0.6 is 35.3 Å². The van der Waals surface area contributed by atoms with Crippen molar-refractivity contribution in [1.29, 1.82) is 0 Å². The number of aliphatic imine (C=N–C) groups is 1. The Morgan fingerprint density at radius 2 is 2.03 bits per heavy atom. The van der Waals surface area contributed by atoms with Crippen LogP contribution in [0.1, 0.15) is 53.3 Å². The number of halogens is 1. The maximum Gasteiger partial charge on any atom is 0.341 e. The van der Waals surface area contributed by atoms with Crippen LogP contribution in [0.2, 0.25) is 0 Å². The summed E-state index contributed by atoms with van der Waals surface area (Å²) in [6, 6.07) is 5.34. The first-order chi connectivity index (χ1) is 13.5. The lowest BCUT2D eigenvalue weighted by Crippen LogP contribution is -2.36. The maximum atomic E-state index is 11.8. The fourth-order valence-corrected chi connectivity index (χ4v) is 3.35. The minimum Gasteiger partial charge on any atom is -0.496 e. The molecule has 0 unspecified atom stereocenters. The van der Waals surface area contributed by atoms with Crippen molar-refractivity contribution in [2.45, 2.75) is 39.8 Å². The molecule has 0 bridgehead atoms. The van der Waals surface area contributed by atoms with E-state index in [2.05, 4.69) is 39.8 Å². The van der Waals surface area contributed by atoms with Crippen molar-refractivity contribution in [3.8, 4) is 5.75 Å². The van der Waals surface area contributed by atoms with E-state index < -0.39 is 5.97 Å². The number of guanidine groups is 1. The van der Waals surface area contributed by atoms with E-state index in [1.807, 2.05) is 13.0 Å². The number of nitrogens with one attached hydrogen (secondary N) is 2. The van der Waals surface area contributed by atoms with Gasteiger partial charge in [0, 0.05) is 11.9 Å². The molecular formula is C20H29IN4O3S. The van der Waals surface area contributed by atoms with Crippen LogP contribution in [0.25, 0.3) is 0 Å². The van der Waals surface area contributed by atoms with Gasteiger partial charge in [-0.05, 0) is 30.5 Å². The number of hydrogen-bond donors (Lipinski definition) is 2. The highest BCUT2D eigenvalue weighted by Crippen LogP contribution is 2.21. The molecule has 0 aliphatic heterocycles. The van der Waals surface area contributed by atoms with Gasteiger partial charge in [0.2, 0.25) is 0 Å². The summed E-state index contributed by atoms with van der Waals surface area (Å²) in [5, 5.41) is 9.66. The number of methoxy groups -OCH3 is 2. The Balaban J connectivity index is 0.00000420. The molecule has 1 aromatic heterocycles. The summed E-state index contributed by atoms with van der Waals surface area (Å²) in [6.45, 7) is 8.11. The molecule has 1 aromatic carbocycles. The Morgan fingerprint density at radius 3 is 2.62 bits per heavy atom. The molecular weight excluding hydrogens is 503 g/mol. The number of thiazole rings is 1. The Hall–Kier alpha value is -1.88. The lowest BCUT2D eigenvalue weighted by molar-refractivity contribution is 0.0597. The number of nitrogens with zero attached hydrogens (tertiary/aromatic N) is 2. The second-order valence-corrected chi connectivity index (χ2v) is 7.34. The minimum absolute atomic E-state index is 0. The van der Waals surface area contributed by atoms with Crippen LogP contribution in [0.5, 0.6) is 5.75 Å². The van der Waals surface area contributed by atoms with Gasteiger partial charge in [0.25, 0.3) is 0 Å². The van der Waals surface area contributed by atoms with Gasteiger partial charge < -0.3 is 20.1 Å². The first-order valence-corrected chi connectivity index (χ1v) is 10.1. The molecule has 2 N–H and O–H groups in total. The second kappa shape index (κ2) is 12.6. The summed E-state index contributed by atoms with van der Waals surface area (Å²) >= 11 is 1.65. The predicted molar refractivity (Wildman–Crippen MR) is 128 cm³/mol. The molecule has 0 aliphatic carbocycles. The van der Waals surface area contributed by atoms with Crippen LogP contribution in [0.15, 0.2) is 28.6 Å². The minimum atomic E-state index is -0.425. The summed E-state index contributed by atoms with van der Waals surface area (Å²) in [7, 11) is 2.88. The smallest absolute Gasteiger partial charge is 0.341 e. The van der Waals surface area contributed by atoms with E-state index in [0.29, 0.717) is 36.3 Å². The Morgan fingerprint density at radius 1 is 1.28 bits per heavy atom. The number of aromatic nitrogens is 1. The van der Waals surface area contributed by atoms with Gasteiger partial charge in [0.1, 0.15) is 16.3 Å². The molecule has 0 saturated heterocycles. The predicted octanol–water partition coefficient (Wildman–Crippen LogP) is 3.94. The van der Waals surface area contributed by atoms with Gasteiger partial charge in [-0.25, -0.2) is 14.8 Å². The van der Waals surface area contributed by atoms with Gasteiger partial charge >= 0.3 is 5.97 Å². The standard InChI is InChI=1S/C20H28N4O3S.HI/c1-6-21-20(23-11-18-24-16(12-28-18)13(2)3)22-10-14-7-8-15(19(25)27-5)17(9-14)26-4;/h7-9,12-13H,6,10-11H2,1-5H3,(H2,21,22,23);1H. The van der Waals surface area contributed by atoms with Gasteiger partial charge in [-0.1, -0.05) is 19.9 Å². The highest BCUT2D eigenvalue weighted by Gasteiger charge is 2.13. The summed E-state index contributed by atoms with van der Waals surface area (Å²) in [4.78, 5) is 21.0. The van der Waals surface area contributed by atoms with Crippen LogP contribution in [0.3, 0.4) is 0 Å². The van der Waals surface area contributed by atoms with Gasteiger partial charge in [0.05, 0.1) is 33.0 Å². The number of rotatable bonds is 8. The van der Waals surface area contributed by atoms with E-state index in [4.69, 9.17) is 9.47 Å². The van der Waals surface area contributed by atoms with Crippen molar-refractivity contribution < 1.29 is 14.3 Å². The highest BCUT2D eigenvalue weighted by molar-refractivity contribution is 14.0. The summed E-state index contributed by atoms with van der Waals surface area (Å²) in [5.74, 6) is 1.18. The Bertz CT molecular complexity index is 824. The summed E-state index contributed by atoms with van der Waals surface area (Å²) in [5.41, 5.74) is 2.44. The van der Waals surface area contributed by atoms with Crippen molar-refractivity contribution >= 4 is 47.2 Å². The molecule has 0 atom stereocenters. The average molecular weight is 532 g/mol. The Kier molecular flexibility index (Phi) is 11.0. The van der Waals surface area contributed by atoms with Crippen molar-refractivity contribution in [3.63, 3.8) is 0 Å². The topological polar surface area (TPSA) is 84.8 Å². The first-order valence-electron chi connectivity index (χ1n) is 9.20. The zero-order valence-corrected chi connectivity index (χ0v) is 20.6. The van der Waals surface area contributed by atoms with Gasteiger partial charge in [0.15, 0.2) is 5.96 Å². The van der Waals surface area contributed by atoms with Crippen LogP contribution in [-0.4, -0.2) is 37.7 Å². The number of carbonyl (C=O) groups is 1. The molecule has 1 heterocycles. The number of carbonyl (C=O) groups excluding carboxylic acids is 1. The molecule has 160 valence electrons. The Labute approximate surface area is 193 Å². The van der Waals surface area contributed by atoms with Crippen LogP contribution in [0.4, 0.5) is 0 Å². The first kappa shape index (κ1) is 25.2. The summed E-state index contributed by atoms with van der Waals surface area (Å²) in [6.07, 6.45) is 0. The molecule has 0 aliphatic rings. The normalized spacial score (nSPS) is 11.0. The highest BCUT2D eigenvalue weighted by atomic mass is 127. The lowest BCUT2D eigenvalue weighted by atomic mass is 10.1. The average Bonchev–Trinajstić information content (AvgIpc) is 3.18. The molecule has 2 rings (SSSR count). The largest absolute Gasteiger partial charge is 0.496 e. The molecule has 2 aromatic rings. The van der Waals surface area contributed by atoms with E-state index in [9.17, 15) is 4.79 Å². The third kappa shape index (κ3) is 7.46. The molecule has 0 fully saturated rings. The molecule has 0 saturated carbocycles. The quantitative estimate of drug-likeness (QED) is 0.232. The van der Waals surface area contributed by atoms with E-state index >= 15 is 0 Å². The molecule has 7 nitrogen and oxygen atoms in total. The zero-order chi connectivity index (χ0) is 20.5. The van der Waals surface area contributed by atoms with Crippen LogP contribution in [0, 0.1) is 0 Å². The zero-order valence-electron chi connectivity index (χ0n) is 17.4. The molecule has 0 amide bonds. The van der Waals surface area contributed by atoms with Crippen molar-refractivity contribution in [2.24, 2.45) is 4.99 Å². The fraction of sp³-hybridized carbons (Fsp3) is 0.450. The maximum absolute atomic E-state index is 11.8. The molecule has 9 heteroatoms. The van der Waals surface area contributed by atoms with Crippen LogP contribution in [-0.2, 0) is 17.8 Å². The third-order valence-electron chi connectivity index (χ3n) is 4.00. The van der Waals surface area contributed by atoms with E-state index in [-0.39, 0.29) is 24.0 Å². The van der Waals surface area contributed by atoms with E-state index in [1.165, 1.54) is 14.2 Å². The number of ether oxygens (including phenoxy) is 2. The molecule has 29 heavy (non-hydrogen) atoms. The van der Waals surface area contributed by atoms with E-state index in [1.54, 1.807) is 23.5 Å². The number of esters is 1. The fourth-order valence-electron chi connectivity index (χ4n) is 2.46. The third-order valence-corrected chi connectivity index (χ3v) is 4.87. The second-order valence-electron chi connectivity index (χ2n) is 6.40. The van der Waals surface area contributed by atoms with Crippen molar-refractivity contribution in [2.75, 3.05) is 20.8 Å². The SMILES string of the molecule is CCNC(=NCc1ccc(C(=O)OC)c(OC)c1)NCc1nc(C(C)C)cs1.I. The molecule has 0 spiro atoms. The number of hydrogen-bond acceptors (Lipinski definition) is 6. The van der Waals surface area contributed by atoms with Crippen molar-refractivity contribution in [3.05, 3.63) is 45.4 Å². The summed E-state index contributed by atoms with van der Waals surface area (Å²) < 4.78 is 10.1. The van der Waals surface area contributed by atoms with E-state index in [0.717, 1.165) is 22.8 Å². The van der Waals surface area contributed by atoms with Crippen LogP contribution < -0.4 is 15.4 Å². The van der Waals surface area contributed by atoms with Gasteiger partial charge in [-0.3, -0.25) is 0 Å². The lowest BCUT2D eigenvalue weighted by Gasteiger charge is -2.11. The number of benzene rings is 1. The molecule has 0 radical (unpaired) electrons. The van der Waals surface area contributed by atoms with Gasteiger partial charge in [-0.15, -0.1) is 35.3 Å². The van der Waals surface area contributed by atoms with Crippen molar-refractivity contribution in [1.82, 2.24) is 15.6 Å². The monoisotopic (exact) mass is 532 g/mol.